The van der Waals surface area contributed by atoms with E-state index in [0.29, 0.717) is 16.3 Å². The lowest BCUT2D eigenvalue weighted by molar-refractivity contribution is -0.117. The number of rotatable bonds is 5. The summed E-state index contributed by atoms with van der Waals surface area (Å²) in [5.41, 5.74) is 4.92. The highest BCUT2D eigenvalue weighted by Crippen LogP contribution is 2.44. The number of ketones is 1. The Bertz CT molecular complexity index is 1470. The Morgan fingerprint density at radius 2 is 1.57 bits per heavy atom. The fourth-order valence-corrected chi connectivity index (χ4v) is 5.49. The van der Waals surface area contributed by atoms with Crippen molar-refractivity contribution in [3.8, 4) is 10.6 Å². The molecule has 1 atom stereocenters. The number of aryl methyl sites for hydroxylation is 2. The monoisotopic (exact) mass is 480 g/mol. The van der Waals surface area contributed by atoms with Crippen molar-refractivity contribution < 1.29 is 14.7 Å². The van der Waals surface area contributed by atoms with Gasteiger partial charge < -0.3 is 5.11 Å². The number of carbonyl (C=O) groups is 2. The summed E-state index contributed by atoms with van der Waals surface area (Å²) in [7, 11) is 0. The van der Waals surface area contributed by atoms with E-state index in [-0.39, 0.29) is 11.4 Å². The van der Waals surface area contributed by atoms with E-state index < -0.39 is 17.7 Å². The number of Topliss-reactive ketones (excluding diaryl/α,β-unsaturated/α-hetero) is 1. The summed E-state index contributed by atoms with van der Waals surface area (Å²) in [5, 5.41) is 11.8. The molecular weight excluding hydrogens is 456 g/mol. The first-order chi connectivity index (χ1) is 16.9. The van der Waals surface area contributed by atoms with Crippen molar-refractivity contribution in [2.24, 2.45) is 0 Å². The molecule has 3 aromatic carbocycles. The lowest BCUT2D eigenvalue weighted by Gasteiger charge is -2.28. The molecule has 0 saturated heterocycles. The molecule has 174 valence electrons. The van der Waals surface area contributed by atoms with Crippen LogP contribution in [0.3, 0.4) is 0 Å². The molecule has 1 amide bonds. The first-order valence-corrected chi connectivity index (χ1v) is 12.2. The predicted molar refractivity (Wildman–Crippen MR) is 139 cm³/mol. The van der Waals surface area contributed by atoms with Crippen LogP contribution in [-0.2, 0) is 4.79 Å². The number of hydrogen-bond acceptors (Lipinski definition) is 5. The van der Waals surface area contributed by atoms with Gasteiger partial charge in [0.05, 0.1) is 22.2 Å². The van der Waals surface area contributed by atoms with Gasteiger partial charge in [0, 0.05) is 11.3 Å². The molecule has 5 nitrogen and oxygen atoms in total. The predicted octanol–water partition coefficient (Wildman–Crippen LogP) is 6.52. The topological polar surface area (TPSA) is 70.5 Å². The lowest BCUT2D eigenvalue weighted by atomic mass is 9.94. The SMILES string of the molecule is Cc1cccc(N2C(=O)C(O)=C(C(=O)c3sc(-c4ccccc4)nc3C)C2c2ccccc2)c1C. The van der Waals surface area contributed by atoms with Crippen LogP contribution in [0.2, 0.25) is 0 Å². The number of nitrogens with zero attached hydrogens (tertiary/aromatic N) is 2. The molecule has 6 heteroatoms. The number of amides is 1. The highest BCUT2D eigenvalue weighted by Gasteiger charge is 2.45. The van der Waals surface area contributed by atoms with E-state index in [2.05, 4.69) is 4.98 Å². The van der Waals surface area contributed by atoms with Gasteiger partial charge in [-0.3, -0.25) is 14.5 Å². The van der Waals surface area contributed by atoms with E-state index in [4.69, 9.17) is 0 Å². The third kappa shape index (κ3) is 3.86. The highest BCUT2D eigenvalue weighted by molar-refractivity contribution is 7.17. The van der Waals surface area contributed by atoms with Crippen molar-refractivity contribution >= 4 is 28.7 Å². The number of benzene rings is 3. The average Bonchev–Trinajstić information content (AvgIpc) is 3.39. The number of thiazole rings is 1. The van der Waals surface area contributed by atoms with Crippen molar-refractivity contribution in [1.29, 1.82) is 0 Å². The fourth-order valence-electron chi connectivity index (χ4n) is 4.47. The molecule has 0 aliphatic carbocycles. The number of aliphatic hydroxyl groups excluding tert-OH is 1. The first kappa shape index (κ1) is 22.7. The summed E-state index contributed by atoms with van der Waals surface area (Å²) in [6, 6.07) is 24.0. The molecule has 0 spiro atoms. The summed E-state index contributed by atoms with van der Waals surface area (Å²) in [6.07, 6.45) is 0. The van der Waals surface area contributed by atoms with Crippen LogP contribution in [0.5, 0.6) is 0 Å². The summed E-state index contributed by atoms with van der Waals surface area (Å²) < 4.78 is 0. The molecule has 4 aromatic rings. The second kappa shape index (κ2) is 8.96. The maximum Gasteiger partial charge on any atom is 0.294 e. The van der Waals surface area contributed by atoms with Gasteiger partial charge in [0.25, 0.3) is 5.91 Å². The Labute approximate surface area is 208 Å². The third-order valence-electron chi connectivity index (χ3n) is 6.43. The molecule has 1 N–H and O–H groups in total. The van der Waals surface area contributed by atoms with E-state index in [9.17, 15) is 14.7 Å². The van der Waals surface area contributed by atoms with Crippen LogP contribution in [0.25, 0.3) is 10.6 Å². The molecule has 2 heterocycles. The van der Waals surface area contributed by atoms with Gasteiger partial charge in [-0.25, -0.2) is 4.98 Å². The van der Waals surface area contributed by atoms with Crippen molar-refractivity contribution in [1.82, 2.24) is 4.98 Å². The Hall–Kier alpha value is -4.03. The van der Waals surface area contributed by atoms with Crippen LogP contribution in [0.15, 0.2) is 90.2 Å². The van der Waals surface area contributed by atoms with Crippen LogP contribution in [0, 0.1) is 20.8 Å². The largest absolute Gasteiger partial charge is 0.503 e. The number of aliphatic hydroxyl groups is 1. The highest BCUT2D eigenvalue weighted by atomic mass is 32.1. The lowest BCUT2D eigenvalue weighted by Crippen LogP contribution is -2.31. The van der Waals surface area contributed by atoms with E-state index in [0.717, 1.165) is 27.3 Å². The summed E-state index contributed by atoms with van der Waals surface area (Å²) >= 11 is 1.27. The van der Waals surface area contributed by atoms with Gasteiger partial charge in [-0.15, -0.1) is 11.3 Å². The van der Waals surface area contributed by atoms with Crippen LogP contribution < -0.4 is 4.90 Å². The molecule has 0 saturated carbocycles. The molecular formula is C29H24N2O3S. The Morgan fingerprint density at radius 3 is 2.26 bits per heavy atom. The molecule has 1 aromatic heterocycles. The molecule has 35 heavy (non-hydrogen) atoms. The van der Waals surface area contributed by atoms with Gasteiger partial charge >= 0.3 is 0 Å². The molecule has 0 fully saturated rings. The number of anilines is 1. The van der Waals surface area contributed by atoms with Gasteiger partial charge in [-0.1, -0.05) is 72.8 Å². The van der Waals surface area contributed by atoms with E-state index in [1.54, 1.807) is 6.92 Å². The van der Waals surface area contributed by atoms with Crippen molar-refractivity contribution in [2.45, 2.75) is 26.8 Å². The maximum absolute atomic E-state index is 14.0. The van der Waals surface area contributed by atoms with Crippen molar-refractivity contribution in [3.05, 3.63) is 117 Å². The number of aromatic nitrogens is 1. The number of carbonyl (C=O) groups excluding carboxylic acids is 2. The molecule has 0 radical (unpaired) electrons. The molecule has 5 rings (SSSR count). The summed E-state index contributed by atoms with van der Waals surface area (Å²) in [6.45, 7) is 5.70. The molecule has 1 aliphatic heterocycles. The molecule has 1 aliphatic rings. The summed E-state index contributed by atoms with van der Waals surface area (Å²) in [5.74, 6) is -1.48. The summed E-state index contributed by atoms with van der Waals surface area (Å²) in [4.78, 5) is 34.0. The minimum absolute atomic E-state index is 0.0773. The smallest absolute Gasteiger partial charge is 0.294 e. The van der Waals surface area contributed by atoms with Crippen molar-refractivity contribution in [3.63, 3.8) is 0 Å². The van der Waals surface area contributed by atoms with Gasteiger partial charge in [-0.2, -0.15) is 0 Å². The van der Waals surface area contributed by atoms with Gasteiger partial charge in [0.1, 0.15) is 5.01 Å². The van der Waals surface area contributed by atoms with Crippen molar-refractivity contribution in [2.75, 3.05) is 4.90 Å². The minimum Gasteiger partial charge on any atom is -0.503 e. The third-order valence-corrected chi connectivity index (χ3v) is 7.63. The normalized spacial score (nSPS) is 15.7. The Balaban J connectivity index is 1.65. The first-order valence-electron chi connectivity index (χ1n) is 11.3. The minimum atomic E-state index is -0.752. The Morgan fingerprint density at radius 1 is 0.914 bits per heavy atom. The molecule has 1 unspecified atom stereocenters. The zero-order valence-electron chi connectivity index (χ0n) is 19.6. The zero-order chi connectivity index (χ0) is 24.7. The van der Waals surface area contributed by atoms with Crippen LogP contribution in [-0.4, -0.2) is 21.8 Å². The number of hydrogen-bond donors (Lipinski definition) is 1. The fraction of sp³-hybridized carbons (Fsp3) is 0.138. The molecule has 0 bridgehead atoms. The zero-order valence-corrected chi connectivity index (χ0v) is 20.5. The van der Waals surface area contributed by atoms with E-state index >= 15 is 0 Å². The van der Waals surface area contributed by atoms with Gasteiger partial charge in [0.15, 0.2) is 5.76 Å². The van der Waals surface area contributed by atoms with E-state index in [1.807, 2.05) is 92.7 Å². The van der Waals surface area contributed by atoms with Gasteiger partial charge in [0.2, 0.25) is 5.78 Å². The quantitative estimate of drug-likeness (QED) is 0.330. The second-order valence-corrected chi connectivity index (χ2v) is 9.60. The van der Waals surface area contributed by atoms with Crippen LogP contribution in [0.4, 0.5) is 5.69 Å². The van der Waals surface area contributed by atoms with E-state index in [1.165, 1.54) is 16.2 Å². The maximum atomic E-state index is 14.0. The second-order valence-electron chi connectivity index (χ2n) is 8.60. The van der Waals surface area contributed by atoms with Crippen LogP contribution >= 0.6 is 11.3 Å². The standard InChI is InChI=1S/C29H24N2O3S/c1-17-11-10-16-22(18(17)2)31-24(20-12-6-4-7-13-20)23(26(33)29(31)34)25(32)27-19(3)30-28(35-27)21-14-8-5-9-15-21/h4-16,24,33H,1-3H3. The van der Waals surface area contributed by atoms with Gasteiger partial charge in [-0.05, 0) is 43.5 Å². The average molecular weight is 481 g/mol. The Kier molecular flexibility index (Phi) is 5.83. The van der Waals surface area contributed by atoms with Crippen LogP contribution in [0.1, 0.15) is 38.1 Å².